The standard InChI is InChI=1S/C14H26O2/c1-11(2)10-14(16)13(15)9-8-12-6-4-3-5-7-12/h11-12,14,16H,3-10H2,1-2H3. The number of hydrogen-bond acceptors (Lipinski definition) is 2. The molecule has 1 saturated carbocycles. The molecule has 16 heavy (non-hydrogen) atoms. The first-order valence-corrected chi connectivity index (χ1v) is 6.80. The lowest BCUT2D eigenvalue weighted by molar-refractivity contribution is -0.128. The Morgan fingerprint density at radius 3 is 2.44 bits per heavy atom. The molecule has 0 aliphatic heterocycles. The van der Waals surface area contributed by atoms with Crippen molar-refractivity contribution in [3.63, 3.8) is 0 Å². The van der Waals surface area contributed by atoms with Crippen LogP contribution in [0.1, 0.15) is 65.2 Å². The maximum absolute atomic E-state index is 11.7. The topological polar surface area (TPSA) is 37.3 Å². The van der Waals surface area contributed by atoms with E-state index in [9.17, 15) is 9.90 Å². The fraction of sp³-hybridized carbons (Fsp3) is 0.929. The third-order valence-electron chi connectivity index (χ3n) is 3.59. The lowest BCUT2D eigenvalue weighted by Gasteiger charge is -2.21. The summed E-state index contributed by atoms with van der Waals surface area (Å²) in [5.74, 6) is 1.19. The molecule has 1 N–H and O–H groups in total. The van der Waals surface area contributed by atoms with Crippen LogP contribution in [0.3, 0.4) is 0 Å². The molecule has 2 nitrogen and oxygen atoms in total. The molecule has 1 aliphatic carbocycles. The van der Waals surface area contributed by atoms with Crippen molar-refractivity contribution in [1.82, 2.24) is 0 Å². The molecule has 1 fully saturated rings. The highest BCUT2D eigenvalue weighted by molar-refractivity contribution is 5.82. The van der Waals surface area contributed by atoms with Crippen molar-refractivity contribution in [1.29, 1.82) is 0 Å². The van der Waals surface area contributed by atoms with Crippen LogP contribution >= 0.6 is 0 Å². The van der Waals surface area contributed by atoms with E-state index in [1.54, 1.807) is 0 Å². The molecule has 0 spiro atoms. The van der Waals surface area contributed by atoms with Crippen LogP contribution in [0.2, 0.25) is 0 Å². The molecule has 0 aromatic heterocycles. The van der Waals surface area contributed by atoms with Gasteiger partial charge in [-0.3, -0.25) is 4.79 Å². The third kappa shape index (κ3) is 5.11. The van der Waals surface area contributed by atoms with Gasteiger partial charge < -0.3 is 5.11 Å². The quantitative estimate of drug-likeness (QED) is 0.754. The summed E-state index contributed by atoms with van der Waals surface area (Å²) in [5.41, 5.74) is 0. The largest absolute Gasteiger partial charge is 0.385 e. The van der Waals surface area contributed by atoms with Crippen LogP contribution in [0.15, 0.2) is 0 Å². The lowest BCUT2D eigenvalue weighted by atomic mass is 9.85. The number of Topliss-reactive ketones (excluding diaryl/α,β-unsaturated/α-hetero) is 1. The minimum absolute atomic E-state index is 0.0549. The van der Waals surface area contributed by atoms with Crippen molar-refractivity contribution in [2.24, 2.45) is 11.8 Å². The molecule has 0 heterocycles. The highest BCUT2D eigenvalue weighted by Gasteiger charge is 2.19. The normalized spacial score (nSPS) is 20.0. The van der Waals surface area contributed by atoms with Crippen molar-refractivity contribution in [3.8, 4) is 0 Å². The van der Waals surface area contributed by atoms with Crippen LogP contribution < -0.4 is 0 Å². The molecule has 0 radical (unpaired) electrons. The molecule has 1 rings (SSSR count). The Kier molecular flexibility index (Phi) is 6.04. The highest BCUT2D eigenvalue weighted by atomic mass is 16.3. The molecule has 94 valence electrons. The minimum Gasteiger partial charge on any atom is -0.385 e. The number of aliphatic hydroxyl groups is 1. The summed E-state index contributed by atoms with van der Waals surface area (Å²) in [6.07, 6.45) is 8.06. The van der Waals surface area contributed by atoms with Gasteiger partial charge in [0.2, 0.25) is 0 Å². The van der Waals surface area contributed by atoms with E-state index in [4.69, 9.17) is 0 Å². The predicted octanol–water partition coefficient (Wildman–Crippen LogP) is 3.32. The summed E-state index contributed by atoms with van der Waals surface area (Å²) in [6, 6.07) is 0. The Balaban J connectivity index is 2.17. The zero-order valence-electron chi connectivity index (χ0n) is 10.7. The van der Waals surface area contributed by atoms with Crippen molar-refractivity contribution in [2.75, 3.05) is 0 Å². The second kappa shape index (κ2) is 7.05. The fourth-order valence-electron chi connectivity index (χ4n) is 2.57. The number of carbonyl (C=O) groups excluding carboxylic acids is 1. The molecule has 0 saturated heterocycles. The lowest BCUT2D eigenvalue weighted by Crippen LogP contribution is -2.23. The summed E-state index contributed by atoms with van der Waals surface area (Å²) in [4.78, 5) is 11.7. The molecule has 0 amide bonds. The van der Waals surface area contributed by atoms with Crippen LogP contribution in [0.4, 0.5) is 0 Å². The summed E-state index contributed by atoms with van der Waals surface area (Å²) in [6.45, 7) is 4.08. The number of ketones is 1. The first-order chi connectivity index (χ1) is 7.59. The summed E-state index contributed by atoms with van der Waals surface area (Å²) < 4.78 is 0. The van der Waals surface area contributed by atoms with E-state index in [2.05, 4.69) is 0 Å². The fourth-order valence-corrected chi connectivity index (χ4v) is 2.57. The molecule has 1 atom stereocenters. The van der Waals surface area contributed by atoms with Gasteiger partial charge in [-0.05, 0) is 24.7 Å². The minimum atomic E-state index is -0.719. The molecule has 2 heteroatoms. The van der Waals surface area contributed by atoms with Gasteiger partial charge in [0.05, 0.1) is 0 Å². The Hall–Kier alpha value is -0.370. The highest BCUT2D eigenvalue weighted by Crippen LogP contribution is 2.27. The summed E-state index contributed by atoms with van der Waals surface area (Å²) >= 11 is 0. The monoisotopic (exact) mass is 226 g/mol. The van der Waals surface area contributed by atoms with Gasteiger partial charge in [-0.2, -0.15) is 0 Å². The number of rotatable bonds is 6. The summed E-state index contributed by atoms with van der Waals surface area (Å²) in [5, 5.41) is 9.67. The number of carbonyl (C=O) groups is 1. The first-order valence-electron chi connectivity index (χ1n) is 6.80. The van der Waals surface area contributed by atoms with E-state index < -0.39 is 6.10 Å². The zero-order chi connectivity index (χ0) is 12.0. The predicted molar refractivity (Wildman–Crippen MR) is 66.3 cm³/mol. The maximum Gasteiger partial charge on any atom is 0.161 e. The second-order valence-corrected chi connectivity index (χ2v) is 5.65. The van der Waals surface area contributed by atoms with Gasteiger partial charge in [0.15, 0.2) is 5.78 Å². The van der Waals surface area contributed by atoms with Gasteiger partial charge in [0.1, 0.15) is 6.10 Å². The van der Waals surface area contributed by atoms with E-state index in [1.807, 2.05) is 13.8 Å². The molecular formula is C14H26O2. The average molecular weight is 226 g/mol. The van der Waals surface area contributed by atoms with Gasteiger partial charge >= 0.3 is 0 Å². The van der Waals surface area contributed by atoms with E-state index in [0.717, 1.165) is 12.3 Å². The molecule has 0 aromatic rings. The van der Waals surface area contributed by atoms with Crippen LogP contribution in [0.25, 0.3) is 0 Å². The Labute approximate surface area is 99.4 Å². The van der Waals surface area contributed by atoms with Crippen molar-refractivity contribution >= 4 is 5.78 Å². The van der Waals surface area contributed by atoms with Gasteiger partial charge in [0.25, 0.3) is 0 Å². The van der Waals surface area contributed by atoms with Gasteiger partial charge in [-0.15, -0.1) is 0 Å². The first kappa shape index (κ1) is 13.7. The van der Waals surface area contributed by atoms with Gasteiger partial charge in [-0.1, -0.05) is 46.0 Å². The summed E-state index contributed by atoms with van der Waals surface area (Å²) in [7, 11) is 0. The number of aliphatic hydroxyl groups excluding tert-OH is 1. The van der Waals surface area contributed by atoms with E-state index in [-0.39, 0.29) is 5.78 Å². The second-order valence-electron chi connectivity index (χ2n) is 5.65. The molecular weight excluding hydrogens is 200 g/mol. The van der Waals surface area contributed by atoms with Crippen molar-refractivity contribution in [2.45, 2.75) is 71.3 Å². The zero-order valence-corrected chi connectivity index (χ0v) is 10.7. The smallest absolute Gasteiger partial charge is 0.161 e. The molecule has 1 aliphatic rings. The Morgan fingerprint density at radius 2 is 1.88 bits per heavy atom. The van der Waals surface area contributed by atoms with E-state index in [1.165, 1.54) is 32.1 Å². The SMILES string of the molecule is CC(C)CC(O)C(=O)CCC1CCCCC1. The van der Waals surface area contributed by atoms with E-state index in [0.29, 0.717) is 18.8 Å². The van der Waals surface area contributed by atoms with Gasteiger partial charge in [-0.25, -0.2) is 0 Å². The maximum atomic E-state index is 11.7. The molecule has 0 aromatic carbocycles. The van der Waals surface area contributed by atoms with Crippen LogP contribution in [0, 0.1) is 11.8 Å². The van der Waals surface area contributed by atoms with Crippen molar-refractivity contribution in [3.05, 3.63) is 0 Å². The molecule has 0 bridgehead atoms. The number of hydrogen-bond donors (Lipinski definition) is 1. The van der Waals surface area contributed by atoms with Gasteiger partial charge in [0, 0.05) is 6.42 Å². The van der Waals surface area contributed by atoms with Crippen LogP contribution in [-0.4, -0.2) is 17.0 Å². The van der Waals surface area contributed by atoms with Crippen LogP contribution in [0.5, 0.6) is 0 Å². The molecule has 1 unspecified atom stereocenters. The van der Waals surface area contributed by atoms with Crippen LogP contribution in [-0.2, 0) is 4.79 Å². The Morgan fingerprint density at radius 1 is 1.25 bits per heavy atom. The van der Waals surface area contributed by atoms with E-state index >= 15 is 0 Å². The van der Waals surface area contributed by atoms with Crippen molar-refractivity contribution < 1.29 is 9.90 Å². The Bertz CT molecular complexity index is 205. The third-order valence-corrected chi connectivity index (χ3v) is 3.59. The average Bonchev–Trinajstić information content (AvgIpc) is 2.26.